The summed E-state index contributed by atoms with van der Waals surface area (Å²) in [6.45, 7) is 0.252. The molecular formula is C17H16N2O3. The summed E-state index contributed by atoms with van der Waals surface area (Å²) in [7, 11) is 1.57. The second-order valence-electron chi connectivity index (χ2n) is 4.49. The second-order valence-corrected chi connectivity index (χ2v) is 4.49. The van der Waals surface area contributed by atoms with E-state index in [0.717, 1.165) is 0 Å². The third-order valence-electron chi connectivity index (χ3n) is 2.95. The van der Waals surface area contributed by atoms with Gasteiger partial charge in [-0.05, 0) is 36.4 Å². The number of benzene rings is 2. The maximum absolute atomic E-state index is 11.8. The second kappa shape index (κ2) is 7.70. The molecule has 2 rings (SSSR count). The molecule has 22 heavy (non-hydrogen) atoms. The normalized spacial score (nSPS) is 9.64. The smallest absolute Gasteiger partial charge is 0.227 e. The summed E-state index contributed by atoms with van der Waals surface area (Å²) in [5, 5.41) is 11.5. The standard InChI is InChI=1S/C17H16N2O3/c1-21-15-4-2-3-5-16(15)22-11-10-17(20)19-14-8-6-13(12-18)7-9-14/h2-9H,10-11H2,1H3,(H,19,20). The maximum Gasteiger partial charge on any atom is 0.227 e. The van der Waals surface area contributed by atoms with E-state index in [1.807, 2.05) is 18.2 Å². The zero-order chi connectivity index (χ0) is 15.8. The van der Waals surface area contributed by atoms with E-state index >= 15 is 0 Å². The molecule has 112 valence electrons. The van der Waals surface area contributed by atoms with Crippen molar-refractivity contribution in [1.29, 1.82) is 5.26 Å². The molecule has 5 nitrogen and oxygen atoms in total. The van der Waals surface area contributed by atoms with Crippen molar-refractivity contribution in [2.75, 3.05) is 19.0 Å². The highest BCUT2D eigenvalue weighted by Gasteiger charge is 2.06. The molecule has 0 aliphatic rings. The van der Waals surface area contributed by atoms with E-state index in [-0.39, 0.29) is 18.9 Å². The lowest BCUT2D eigenvalue weighted by Crippen LogP contribution is -2.15. The molecule has 0 aromatic heterocycles. The Hall–Kier alpha value is -3.00. The molecule has 0 unspecified atom stereocenters. The topological polar surface area (TPSA) is 71.3 Å². The summed E-state index contributed by atoms with van der Waals surface area (Å²) < 4.78 is 10.7. The molecule has 0 aliphatic heterocycles. The van der Waals surface area contributed by atoms with Gasteiger partial charge in [-0.25, -0.2) is 0 Å². The van der Waals surface area contributed by atoms with E-state index in [4.69, 9.17) is 14.7 Å². The van der Waals surface area contributed by atoms with E-state index in [9.17, 15) is 4.79 Å². The van der Waals surface area contributed by atoms with E-state index in [1.54, 1.807) is 43.5 Å². The number of amides is 1. The predicted octanol–water partition coefficient (Wildman–Crippen LogP) is 2.97. The van der Waals surface area contributed by atoms with Crippen molar-refractivity contribution in [3.05, 3.63) is 54.1 Å². The number of hydrogen-bond acceptors (Lipinski definition) is 4. The van der Waals surface area contributed by atoms with Crippen LogP contribution in [0.3, 0.4) is 0 Å². The van der Waals surface area contributed by atoms with Crippen LogP contribution < -0.4 is 14.8 Å². The van der Waals surface area contributed by atoms with Gasteiger partial charge < -0.3 is 14.8 Å². The van der Waals surface area contributed by atoms with Gasteiger partial charge in [0, 0.05) is 5.69 Å². The van der Waals surface area contributed by atoms with Gasteiger partial charge in [0.2, 0.25) is 5.91 Å². The van der Waals surface area contributed by atoms with Crippen LogP contribution in [-0.2, 0) is 4.79 Å². The Morgan fingerprint density at radius 1 is 1.14 bits per heavy atom. The lowest BCUT2D eigenvalue weighted by atomic mass is 10.2. The molecule has 0 saturated carbocycles. The van der Waals surface area contributed by atoms with Gasteiger partial charge in [0.1, 0.15) is 0 Å². The van der Waals surface area contributed by atoms with Crippen molar-refractivity contribution in [1.82, 2.24) is 0 Å². The molecule has 0 heterocycles. The third kappa shape index (κ3) is 4.25. The van der Waals surface area contributed by atoms with E-state index in [0.29, 0.717) is 22.7 Å². The van der Waals surface area contributed by atoms with Crippen molar-refractivity contribution in [2.45, 2.75) is 6.42 Å². The zero-order valence-electron chi connectivity index (χ0n) is 12.2. The van der Waals surface area contributed by atoms with Gasteiger partial charge in [-0.15, -0.1) is 0 Å². The van der Waals surface area contributed by atoms with Gasteiger partial charge in [-0.1, -0.05) is 12.1 Å². The number of nitrogens with one attached hydrogen (secondary N) is 1. The summed E-state index contributed by atoms with van der Waals surface area (Å²) in [6.07, 6.45) is 0.220. The molecule has 0 fully saturated rings. The summed E-state index contributed by atoms with van der Waals surface area (Å²) in [4.78, 5) is 11.8. The Morgan fingerprint density at radius 2 is 1.82 bits per heavy atom. The molecule has 0 bridgehead atoms. The average molecular weight is 296 g/mol. The Kier molecular flexibility index (Phi) is 5.38. The van der Waals surface area contributed by atoms with E-state index < -0.39 is 0 Å². The molecule has 0 atom stereocenters. The third-order valence-corrected chi connectivity index (χ3v) is 2.95. The maximum atomic E-state index is 11.8. The number of para-hydroxylation sites is 2. The summed E-state index contributed by atoms with van der Waals surface area (Å²) >= 11 is 0. The lowest BCUT2D eigenvalue weighted by molar-refractivity contribution is -0.116. The number of nitriles is 1. The number of carbonyl (C=O) groups excluding carboxylic acids is 1. The number of carbonyl (C=O) groups is 1. The first-order chi connectivity index (χ1) is 10.7. The summed E-state index contributed by atoms with van der Waals surface area (Å²) in [5.41, 5.74) is 1.21. The fourth-order valence-corrected chi connectivity index (χ4v) is 1.84. The molecule has 0 saturated heterocycles. The van der Waals surface area contributed by atoms with Crippen LogP contribution in [0.5, 0.6) is 11.5 Å². The van der Waals surface area contributed by atoms with Crippen LogP contribution in [0, 0.1) is 11.3 Å². The molecular weight excluding hydrogens is 280 g/mol. The Labute approximate surface area is 129 Å². The van der Waals surface area contributed by atoms with Gasteiger partial charge in [-0.2, -0.15) is 5.26 Å². The van der Waals surface area contributed by atoms with Crippen molar-refractivity contribution < 1.29 is 14.3 Å². The fourth-order valence-electron chi connectivity index (χ4n) is 1.84. The molecule has 0 spiro atoms. The van der Waals surface area contributed by atoms with Gasteiger partial charge >= 0.3 is 0 Å². The molecule has 5 heteroatoms. The first kappa shape index (κ1) is 15.4. The molecule has 0 aliphatic carbocycles. The quantitative estimate of drug-likeness (QED) is 0.889. The minimum absolute atomic E-state index is 0.153. The fraction of sp³-hybridized carbons (Fsp3) is 0.176. The highest BCUT2D eigenvalue weighted by atomic mass is 16.5. The van der Waals surface area contributed by atoms with Crippen LogP contribution in [0.1, 0.15) is 12.0 Å². The first-order valence-corrected chi connectivity index (χ1v) is 6.79. The highest BCUT2D eigenvalue weighted by molar-refractivity contribution is 5.90. The number of rotatable bonds is 6. The Balaban J connectivity index is 1.81. The molecule has 2 aromatic rings. The molecule has 2 aromatic carbocycles. The minimum atomic E-state index is -0.153. The predicted molar refractivity (Wildman–Crippen MR) is 82.9 cm³/mol. The SMILES string of the molecule is COc1ccccc1OCCC(=O)Nc1ccc(C#N)cc1. The highest BCUT2D eigenvalue weighted by Crippen LogP contribution is 2.25. The van der Waals surface area contributed by atoms with Crippen molar-refractivity contribution >= 4 is 11.6 Å². The number of methoxy groups -OCH3 is 1. The van der Waals surface area contributed by atoms with Crippen molar-refractivity contribution in [2.24, 2.45) is 0 Å². The van der Waals surface area contributed by atoms with Crippen molar-refractivity contribution in [3.8, 4) is 17.6 Å². The zero-order valence-corrected chi connectivity index (χ0v) is 12.2. The van der Waals surface area contributed by atoms with Gasteiger partial charge in [0.05, 0.1) is 31.8 Å². The summed E-state index contributed by atoms with van der Waals surface area (Å²) in [6, 6.07) is 16.0. The number of nitrogens with zero attached hydrogens (tertiary/aromatic N) is 1. The van der Waals surface area contributed by atoms with Crippen LogP contribution in [0.2, 0.25) is 0 Å². The lowest BCUT2D eigenvalue weighted by Gasteiger charge is -2.10. The van der Waals surface area contributed by atoms with Crippen LogP contribution in [0.25, 0.3) is 0 Å². The monoisotopic (exact) mass is 296 g/mol. The van der Waals surface area contributed by atoms with E-state index in [2.05, 4.69) is 5.32 Å². The molecule has 0 radical (unpaired) electrons. The number of anilines is 1. The van der Waals surface area contributed by atoms with Gasteiger partial charge in [0.15, 0.2) is 11.5 Å². The van der Waals surface area contributed by atoms with Gasteiger partial charge in [0.25, 0.3) is 0 Å². The summed E-state index contributed by atoms with van der Waals surface area (Å²) in [5.74, 6) is 1.09. The van der Waals surface area contributed by atoms with Crippen LogP contribution in [0.4, 0.5) is 5.69 Å². The van der Waals surface area contributed by atoms with Gasteiger partial charge in [-0.3, -0.25) is 4.79 Å². The van der Waals surface area contributed by atoms with Crippen molar-refractivity contribution in [3.63, 3.8) is 0 Å². The first-order valence-electron chi connectivity index (χ1n) is 6.79. The van der Waals surface area contributed by atoms with E-state index in [1.165, 1.54) is 0 Å². The average Bonchev–Trinajstić information content (AvgIpc) is 2.56. The largest absolute Gasteiger partial charge is 0.493 e. The minimum Gasteiger partial charge on any atom is -0.493 e. The Bertz CT molecular complexity index is 675. The number of hydrogen-bond donors (Lipinski definition) is 1. The van der Waals surface area contributed by atoms with Crippen LogP contribution in [-0.4, -0.2) is 19.6 Å². The number of ether oxygens (including phenoxy) is 2. The van der Waals surface area contributed by atoms with Crippen LogP contribution in [0.15, 0.2) is 48.5 Å². The Morgan fingerprint density at radius 3 is 2.45 bits per heavy atom. The molecule has 1 amide bonds. The molecule has 1 N–H and O–H groups in total. The van der Waals surface area contributed by atoms with Crippen LogP contribution >= 0.6 is 0 Å².